The van der Waals surface area contributed by atoms with Gasteiger partial charge in [-0.15, -0.1) is 0 Å². The summed E-state index contributed by atoms with van der Waals surface area (Å²) in [5.41, 5.74) is -0.436. The second kappa shape index (κ2) is 5.22. The van der Waals surface area contributed by atoms with E-state index in [0.717, 1.165) is 12.1 Å². The first kappa shape index (κ1) is 13.3. The summed E-state index contributed by atoms with van der Waals surface area (Å²) in [4.78, 5) is 3.85. The van der Waals surface area contributed by atoms with Crippen molar-refractivity contribution in [3.8, 4) is 0 Å². The highest BCUT2D eigenvalue weighted by Gasteiger charge is 2.30. The Kier molecular flexibility index (Phi) is 3.64. The van der Waals surface area contributed by atoms with Crippen LogP contribution in [-0.4, -0.2) is 6.21 Å². The van der Waals surface area contributed by atoms with E-state index < -0.39 is 17.6 Å². The van der Waals surface area contributed by atoms with Gasteiger partial charge in [0, 0.05) is 11.8 Å². The third-order valence-corrected chi connectivity index (χ3v) is 2.43. The number of hydrogen-bond donors (Lipinski definition) is 0. The molecule has 1 nitrogen and oxygen atoms in total. The fourth-order valence-corrected chi connectivity index (χ4v) is 1.49. The zero-order valence-electron chi connectivity index (χ0n) is 9.66. The van der Waals surface area contributed by atoms with Crippen LogP contribution >= 0.6 is 0 Å². The Hall–Kier alpha value is -2.17. The van der Waals surface area contributed by atoms with Crippen LogP contribution in [0.15, 0.2) is 53.5 Å². The highest BCUT2D eigenvalue weighted by molar-refractivity contribution is 5.82. The van der Waals surface area contributed by atoms with E-state index in [1.165, 1.54) is 36.5 Å². The Morgan fingerprint density at radius 3 is 2.37 bits per heavy atom. The van der Waals surface area contributed by atoms with Crippen molar-refractivity contribution in [2.45, 2.75) is 6.18 Å². The fourth-order valence-electron chi connectivity index (χ4n) is 1.49. The van der Waals surface area contributed by atoms with Crippen molar-refractivity contribution in [3.63, 3.8) is 0 Å². The molecule has 0 spiro atoms. The molecule has 0 radical (unpaired) electrons. The number of alkyl halides is 3. The summed E-state index contributed by atoms with van der Waals surface area (Å²) < 4.78 is 50.7. The molecule has 0 saturated heterocycles. The number of nitrogens with zero attached hydrogens (tertiary/aromatic N) is 1. The number of benzene rings is 2. The zero-order valence-corrected chi connectivity index (χ0v) is 9.66. The molecule has 2 rings (SSSR count). The molecular formula is C14H9F4N. The summed E-state index contributed by atoms with van der Waals surface area (Å²) in [6, 6.07) is 10.5. The predicted octanol–water partition coefficient (Wildman–Crippen LogP) is 4.60. The van der Waals surface area contributed by atoms with E-state index in [0.29, 0.717) is 0 Å². The lowest BCUT2D eigenvalue weighted by molar-refractivity contribution is -0.137. The van der Waals surface area contributed by atoms with Gasteiger partial charge in [-0.25, -0.2) is 4.39 Å². The molecule has 0 aliphatic carbocycles. The van der Waals surface area contributed by atoms with E-state index in [9.17, 15) is 17.6 Å². The van der Waals surface area contributed by atoms with Crippen molar-refractivity contribution in [2.75, 3.05) is 0 Å². The lowest BCUT2D eigenvalue weighted by Gasteiger charge is -2.06. The van der Waals surface area contributed by atoms with Crippen LogP contribution in [0.2, 0.25) is 0 Å². The maximum atomic E-state index is 13.3. The van der Waals surface area contributed by atoms with Crippen LogP contribution in [0.25, 0.3) is 0 Å². The van der Waals surface area contributed by atoms with Crippen molar-refractivity contribution in [2.24, 2.45) is 4.99 Å². The van der Waals surface area contributed by atoms with Crippen molar-refractivity contribution < 1.29 is 17.6 Å². The first-order valence-corrected chi connectivity index (χ1v) is 5.43. The monoisotopic (exact) mass is 267 g/mol. The number of aliphatic imine (C=N–C) groups is 1. The molecule has 0 aliphatic rings. The maximum Gasteiger partial charge on any atom is 0.416 e. The van der Waals surface area contributed by atoms with Gasteiger partial charge < -0.3 is 0 Å². The van der Waals surface area contributed by atoms with Gasteiger partial charge in [0.15, 0.2) is 0 Å². The lowest BCUT2D eigenvalue weighted by atomic mass is 10.2. The molecule has 0 atom stereocenters. The van der Waals surface area contributed by atoms with Crippen molar-refractivity contribution >= 4 is 11.9 Å². The minimum absolute atomic E-state index is 0.123. The lowest BCUT2D eigenvalue weighted by Crippen LogP contribution is -2.03. The van der Waals surface area contributed by atoms with Crippen molar-refractivity contribution in [1.82, 2.24) is 0 Å². The first-order valence-electron chi connectivity index (χ1n) is 5.43. The average molecular weight is 267 g/mol. The second-order valence-electron chi connectivity index (χ2n) is 3.83. The SMILES string of the molecule is Fc1ccccc1C=Nc1cccc(C(F)(F)F)c1. The molecule has 0 aliphatic heterocycles. The fraction of sp³-hybridized carbons (Fsp3) is 0.0714. The van der Waals surface area contributed by atoms with E-state index in [-0.39, 0.29) is 11.3 Å². The molecule has 19 heavy (non-hydrogen) atoms. The molecule has 2 aromatic rings. The topological polar surface area (TPSA) is 12.4 Å². The van der Waals surface area contributed by atoms with E-state index in [1.54, 1.807) is 6.07 Å². The molecule has 0 fully saturated rings. The van der Waals surface area contributed by atoms with Gasteiger partial charge in [0.2, 0.25) is 0 Å². The number of halogens is 4. The highest BCUT2D eigenvalue weighted by Crippen LogP contribution is 2.31. The third-order valence-electron chi connectivity index (χ3n) is 2.43. The van der Waals surface area contributed by atoms with E-state index in [2.05, 4.69) is 4.99 Å². The van der Waals surface area contributed by atoms with Gasteiger partial charge in [0.1, 0.15) is 5.82 Å². The van der Waals surface area contributed by atoms with Gasteiger partial charge in [0.05, 0.1) is 11.3 Å². The van der Waals surface area contributed by atoms with E-state index in [1.807, 2.05) is 0 Å². The standard InChI is InChI=1S/C14H9F4N/c15-13-7-2-1-4-10(13)9-19-12-6-3-5-11(8-12)14(16,17)18/h1-9H. The number of rotatable bonds is 2. The first-order chi connectivity index (χ1) is 8.97. The van der Waals surface area contributed by atoms with Gasteiger partial charge in [-0.05, 0) is 24.3 Å². The quantitative estimate of drug-likeness (QED) is 0.557. The van der Waals surface area contributed by atoms with Crippen LogP contribution in [0.4, 0.5) is 23.2 Å². The van der Waals surface area contributed by atoms with Crippen LogP contribution in [-0.2, 0) is 6.18 Å². The Bertz CT molecular complexity index is 602. The van der Waals surface area contributed by atoms with E-state index >= 15 is 0 Å². The van der Waals surface area contributed by atoms with Crippen molar-refractivity contribution in [1.29, 1.82) is 0 Å². The molecule has 98 valence electrons. The molecule has 0 unspecified atom stereocenters. The maximum absolute atomic E-state index is 13.3. The minimum atomic E-state index is -4.41. The normalized spacial score (nSPS) is 12.0. The highest BCUT2D eigenvalue weighted by atomic mass is 19.4. The van der Waals surface area contributed by atoms with Crippen LogP contribution in [0, 0.1) is 5.82 Å². The van der Waals surface area contributed by atoms with Crippen LogP contribution < -0.4 is 0 Å². The molecule has 0 heterocycles. The van der Waals surface area contributed by atoms with Crippen LogP contribution in [0.5, 0.6) is 0 Å². The molecule has 0 aromatic heterocycles. The van der Waals surface area contributed by atoms with Crippen LogP contribution in [0.3, 0.4) is 0 Å². The van der Waals surface area contributed by atoms with Gasteiger partial charge in [0.25, 0.3) is 0 Å². The molecule has 0 saturated carbocycles. The van der Waals surface area contributed by atoms with Gasteiger partial charge >= 0.3 is 6.18 Å². The largest absolute Gasteiger partial charge is 0.416 e. The van der Waals surface area contributed by atoms with Crippen molar-refractivity contribution in [3.05, 3.63) is 65.5 Å². The molecule has 5 heteroatoms. The Labute approximate surface area is 107 Å². The second-order valence-corrected chi connectivity index (χ2v) is 3.83. The summed E-state index contributed by atoms with van der Waals surface area (Å²) in [6.07, 6.45) is -3.21. The Morgan fingerprint density at radius 1 is 0.947 bits per heavy atom. The molecule has 0 amide bonds. The average Bonchev–Trinajstić information content (AvgIpc) is 2.37. The smallest absolute Gasteiger partial charge is 0.256 e. The Balaban J connectivity index is 2.27. The summed E-state index contributed by atoms with van der Waals surface area (Å²) in [5.74, 6) is -0.474. The Morgan fingerprint density at radius 2 is 1.68 bits per heavy atom. The summed E-state index contributed by atoms with van der Waals surface area (Å²) in [5, 5.41) is 0. The summed E-state index contributed by atoms with van der Waals surface area (Å²) >= 11 is 0. The van der Waals surface area contributed by atoms with Gasteiger partial charge in [-0.3, -0.25) is 4.99 Å². The molecular weight excluding hydrogens is 258 g/mol. The molecule has 2 aromatic carbocycles. The summed E-state index contributed by atoms with van der Waals surface area (Å²) in [6.45, 7) is 0. The zero-order chi connectivity index (χ0) is 13.9. The predicted molar refractivity (Wildman–Crippen MR) is 65.1 cm³/mol. The van der Waals surface area contributed by atoms with Crippen LogP contribution in [0.1, 0.15) is 11.1 Å². The number of hydrogen-bond acceptors (Lipinski definition) is 1. The third kappa shape index (κ3) is 3.40. The summed E-state index contributed by atoms with van der Waals surface area (Å²) in [7, 11) is 0. The van der Waals surface area contributed by atoms with E-state index in [4.69, 9.17) is 0 Å². The van der Waals surface area contributed by atoms with Gasteiger partial charge in [-0.1, -0.05) is 24.3 Å². The minimum Gasteiger partial charge on any atom is -0.256 e. The molecule has 0 N–H and O–H groups in total. The molecule has 0 bridgehead atoms. The van der Waals surface area contributed by atoms with Gasteiger partial charge in [-0.2, -0.15) is 13.2 Å².